The molecule has 2 amide bonds. The second-order valence-corrected chi connectivity index (χ2v) is 8.03. The highest BCUT2D eigenvalue weighted by Crippen LogP contribution is 2.36. The number of nitrogens with one attached hydrogen (secondary N) is 1. The van der Waals surface area contributed by atoms with Crippen LogP contribution >= 0.6 is 0 Å². The summed E-state index contributed by atoms with van der Waals surface area (Å²) in [5, 5.41) is 12.8. The number of furan rings is 1. The van der Waals surface area contributed by atoms with Crippen LogP contribution in [0.3, 0.4) is 0 Å². The third-order valence-corrected chi connectivity index (χ3v) is 5.86. The number of piperazine rings is 1. The lowest BCUT2D eigenvalue weighted by atomic mass is 9.91. The number of phenols is 1. The molecule has 1 saturated heterocycles. The van der Waals surface area contributed by atoms with E-state index in [0.29, 0.717) is 44.3 Å². The first-order valence-corrected chi connectivity index (χ1v) is 11.5. The Morgan fingerprint density at radius 1 is 1.17 bits per heavy atom. The van der Waals surface area contributed by atoms with Gasteiger partial charge in [0.1, 0.15) is 6.04 Å². The normalized spacial score (nSPS) is 20.2. The quantitative estimate of drug-likeness (QED) is 0.466. The van der Waals surface area contributed by atoms with Crippen molar-refractivity contribution in [1.29, 1.82) is 0 Å². The summed E-state index contributed by atoms with van der Waals surface area (Å²) >= 11 is 0. The fraction of sp³-hybridized carbons (Fsp3) is 0.417. The zero-order valence-corrected chi connectivity index (χ0v) is 19.6. The van der Waals surface area contributed by atoms with Gasteiger partial charge in [-0.15, -0.1) is 0 Å². The number of rotatable bonds is 6. The van der Waals surface area contributed by atoms with Crippen molar-refractivity contribution in [3.8, 4) is 11.5 Å². The van der Waals surface area contributed by atoms with Gasteiger partial charge in [0.05, 0.1) is 19.5 Å². The van der Waals surface area contributed by atoms with Gasteiger partial charge in [0.2, 0.25) is 11.9 Å². The van der Waals surface area contributed by atoms with E-state index in [4.69, 9.17) is 18.9 Å². The summed E-state index contributed by atoms with van der Waals surface area (Å²) < 4.78 is 15.8. The summed E-state index contributed by atoms with van der Waals surface area (Å²) in [5.41, 5.74) is 0.531. The van der Waals surface area contributed by atoms with Crippen molar-refractivity contribution in [2.24, 2.45) is 10.9 Å². The molecule has 4 rings (SSSR count). The van der Waals surface area contributed by atoms with Gasteiger partial charge in [-0.1, -0.05) is 6.07 Å². The number of carbonyl (C=O) groups is 3. The molecule has 0 spiro atoms. The maximum absolute atomic E-state index is 13.1. The van der Waals surface area contributed by atoms with E-state index in [2.05, 4.69) is 5.32 Å². The predicted molar refractivity (Wildman–Crippen MR) is 124 cm³/mol. The minimum Gasteiger partial charge on any atom is -0.504 e. The topological polar surface area (TPSA) is 134 Å². The lowest BCUT2D eigenvalue weighted by Gasteiger charge is -2.38. The summed E-state index contributed by atoms with van der Waals surface area (Å²) in [6, 6.07) is 7.04. The predicted octanol–water partition coefficient (Wildman–Crippen LogP) is 1.55. The van der Waals surface area contributed by atoms with Crippen molar-refractivity contribution >= 4 is 23.7 Å². The van der Waals surface area contributed by atoms with E-state index >= 15 is 0 Å². The van der Waals surface area contributed by atoms with Crippen LogP contribution in [0.25, 0.3) is 0 Å². The SMILES string of the molecule is CCOC(=O)[C@H]1C(=O)NC(N2CCN(C(=O)c3ccco3)CC2)=N[C@H]1c1ccc(O)c(OCC)c1. The monoisotopic (exact) mass is 484 g/mol. The Morgan fingerprint density at radius 3 is 2.60 bits per heavy atom. The van der Waals surface area contributed by atoms with E-state index in [1.807, 2.05) is 4.90 Å². The van der Waals surface area contributed by atoms with Crippen LogP contribution in [0.2, 0.25) is 0 Å². The van der Waals surface area contributed by atoms with E-state index in [9.17, 15) is 19.5 Å². The van der Waals surface area contributed by atoms with E-state index in [1.165, 1.54) is 12.3 Å². The Hall–Kier alpha value is -4.02. The molecule has 0 bridgehead atoms. The number of guanidine groups is 1. The van der Waals surface area contributed by atoms with Gasteiger partial charge < -0.3 is 28.8 Å². The van der Waals surface area contributed by atoms with Crippen molar-refractivity contribution in [2.45, 2.75) is 19.9 Å². The van der Waals surface area contributed by atoms with E-state index in [1.54, 1.807) is 43.0 Å². The molecule has 2 N–H and O–H groups in total. The van der Waals surface area contributed by atoms with Gasteiger partial charge in [-0.2, -0.15) is 0 Å². The van der Waals surface area contributed by atoms with Crippen LogP contribution in [0.15, 0.2) is 46.0 Å². The Labute approximate surface area is 202 Å². The van der Waals surface area contributed by atoms with E-state index in [-0.39, 0.29) is 29.8 Å². The lowest BCUT2D eigenvalue weighted by Crippen LogP contribution is -2.58. The smallest absolute Gasteiger partial charge is 0.321 e. The molecule has 0 aliphatic carbocycles. The number of carbonyl (C=O) groups excluding carboxylic acids is 3. The number of esters is 1. The van der Waals surface area contributed by atoms with Gasteiger partial charge >= 0.3 is 5.97 Å². The molecule has 11 heteroatoms. The molecular weight excluding hydrogens is 456 g/mol. The molecule has 1 fully saturated rings. The maximum atomic E-state index is 13.1. The van der Waals surface area contributed by atoms with Crippen molar-refractivity contribution in [3.63, 3.8) is 0 Å². The molecule has 186 valence electrons. The number of ether oxygens (including phenoxy) is 2. The van der Waals surface area contributed by atoms with Crippen LogP contribution in [0, 0.1) is 5.92 Å². The van der Waals surface area contributed by atoms with E-state index < -0.39 is 23.8 Å². The Bertz CT molecular complexity index is 1110. The van der Waals surface area contributed by atoms with Crippen LogP contribution in [0.1, 0.15) is 36.0 Å². The number of aliphatic imine (C=N–C) groups is 1. The van der Waals surface area contributed by atoms with Gasteiger partial charge in [0.15, 0.2) is 23.2 Å². The highest BCUT2D eigenvalue weighted by Gasteiger charge is 2.42. The van der Waals surface area contributed by atoms with Gasteiger partial charge in [0, 0.05) is 26.2 Å². The Balaban J connectivity index is 1.58. The average Bonchev–Trinajstić information content (AvgIpc) is 3.40. The van der Waals surface area contributed by atoms with Crippen LogP contribution in [-0.2, 0) is 14.3 Å². The molecule has 11 nitrogen and oxygen atoms in total. The summed E-state index contributed by atoms with van der Waals surface area (Å²) in [6.07, 6.45) is 1.45. The Kier molecular flexibility index (Phi) is 7.23. The molecule has 2 aliphatic rings. The van der Waals surface area contributed by atoms with Gasteiger partial charge in [-0.3, -0.25) is 19.7 Å². The van der Waals surface area contributed by atoms with Gasteiger partial charge in [-0.05, 0) is 43.7 Å². The first-order valence-electron chi connectivity index (χ1n) is 11.5. The molecule has 3 heterocycles. The molecule has 1 aromatic carbocycles. The van der Waals surface area contributed by atoms with Crippen LogP contribution in [0.5, 0.6) is 11.5 Å². The van der Waals surface area contributed by atoms with Crippen molar-refractivity contribution in [2.75, 3.05) is 39.4 Å². The lowest BCUT2D eigenvalue weighted by molar-refractivity contribution is -0.153. The minimum atomic E-state index is -1.19. The third kappa shape index (κ3) is 5.08. The molecule has 35 heavy (non-hydrogen) atoms. The zero-order chi connectivity index (χ0) is 24.9. The summed E-state index contributed by atoms with van der Waals surface area (Å²) in [7, 11) is 0. The molecule has 0 radical (unpaired) electrons. The summed E-state index contributed by atoms with van der Waals surface area (Å²) in [6.45, 7) is 5.59. The molecule has 1 aromatic heterocycles. The van der Waals surface area contributed by atoms with Crippen molar-refractivity contribution in [1.82, 2.24) is 15.1 Å². The standard InChI is InChI=1S/C24H28N4O7/c1-3-33-18-14-15(7-8-16(18)29)20-19(23(32)34-4-2)21(30)26-24(25-20)28-11-9-27(10-12-28)22(31)17-6-5-13-35-17/h5-8,13-14,19-20,29H,3-4,9-12H2,1-2H3,(H,25,26,30)/t19-,20+/m1/s1. The summed E-state index contributed by atoms with van der Waals surface area (Å²) in [5.74, 6) is -1.83. The molecule has 2 atom stereocenters. The minimum absolute atomic E-state index is 0.0508. The highest BCUT2D eigenvalue weighted by atomic mass is 16.5. The molecule has 0 saturated carbocycles. The fourth-order valence-corrected chi connectivity index (χ4v) is 4.13. The number of aromatic hydroxyl groups is 1. The first-order chi connectivity index (χ1) is 16.9. The van der Waals surface area contributed by atoms with Crippen LogP contribution in [-0.4, -0.2) is 78.0 Å². The zero-order valence-electron chi connectivity index (χ0n) is 19.6. The van der Waals surface area contributed by atoms with Gasteiger partial charge in [-0.25, -0.2) is 4.99 Å². The number of hydrogen-bond acceptors (Lipinski definition) is 9. The average molecular weight is 485 g/mol. The van der Waals surface area contributed by atoms with Crippen molar-refractivity contribution < 1.29 is 33.4 Å². The highest BCUT2D eigenvalue weighted by molar-refractivity contribution is 6.08. The van der Waals surface area contributed by atoms with Crippen LogP contribution in [0.4, 0.5) is 0 Å². The number of benzene rings is 1. The fourth-order valence-electron chi connectivity index (χ4n) is 4.13. The second-order valence-electron chi connectivity index (χ2n) is 8.03. The number of nitrogens with zero attached hydrogens (tertiary/aromatic N) is 3. The third-order valence-electron chi connectivity index (χ3n) is 5.86. The van der Waals surface area contributed by atoms with E-state index in [0.717, 1.165) is 0 Å². The largest absolute Gasteiger partial charge is 0.504 e. The molecular formula is C24H28N4O7. The second kappa shape index (κ2) is 10.5. The number of hydrogen-bond donors (Lipinski definition) is 2. The maximum Gasteiger partial charge on any atom is 0.321 e. The Morgan fingerprint density at radius 2 is 1.94 bits per heavy atom. The summed E-state index contributed by atoms with van der Waals surface area (Å²) in [4.78, 5) is 46.6. The molecule has 0 unspecified atom stereocenters. The molecule has 2 aromatic rings. The number of amides is 2. The van der Waals surface area contributed by atoms with Crippen molar-refractivity contribution in [3.05, 3.63) is 47.9 Å². The first kappa shape index (κ1) is 24.1. The van der Waals surface area contributed by atoms with Crippen LogP contribution < -0.4 is 10.1 Å². The van der Waals surface area contributed by atoms with Gasteiger partial charge in [0.25, 0.3) is 5.91 Å². The number of phenolic OH excluding ortho intramolecular Hbond substituents is 1. The molecule has 2 aliphatic heterocycles.